The van der Waals surface area contributed by atoms with Gasteiger partial charge >= 0.3 is 6.18 Å². The Labute approximate surface area is 117 Å². The predicted molar refractivity (Wildman–Crippen MR) is 73.8 cm³/mol. The summed E-state index contributed by atoms with van der Waals surface area (Å²) >= 11 is 0. The Morgan fingerprint density at radius 3 is 2.30 bits per heavy atom. The lowest BCUT2D eigenvalue weighted by molar-refractivity contribution is -0.141. The van der Waals surface area contributed by atoms with E-state index in [0.29, 0.717) is 6.54 Å². The van der Waals surface area contributed by atoms with Gasteiger partial charge in [-0.15, -0.1) is 0 Å². The lowest BCUT2D eigenvalue weighted by atomic mass is 9.99. The summed E-state index contributed by atoms with van der Waals surface area (Å²) in [5, 5.41) is 5.76. The van der Waals surface area contributed by atoms with Crippen molar-refractivity contribution in [2.24, 2.45) is 0 Å². The normalized spacial score (nSPS) is 12.3. The number of hydrogen-bond acceptors (Lipinski definition) is 4. The van der Waals surface area contributed by atoms with Crippen LogP contribution in [0.2, 0.25) is 0 Å². The Kier molecular flexibility index (Phi) is 5.19. The van der Waals surface area contributed by atoms with Crippen LogP contribution in [0.15, 0.2) is 6.07 Å². The average molecular weight is 290 g/mol. The zero-order valence-electron chi connectivity index (χ0n) is 12.2. The molecule has 4 nitrogen and oxygen atoms in total. The molecule has 7 heteroatoms. The molecule has 0 atom stereocenters. The van der Waals surface area contributed by atoms with Crippen LogP contribution in [0.1, 0.15) is 46.2 Å². The lowest BCUT2D eigenvalue weighted by Gasteiger charge is -2.27. The number of nitrogens with one attached hydrogen (secondary N) is 2. The van der Waals surface area contributed by atoms with E-state index in [2.05, 4.69) is 20.6 Å². The Morgan fingerprint density at radius 2 is 1.80 bits per heavy atom. The number of aromatic nitrogens is 2. The van der Waals surface area contributed by atoms with Crippen molar-refractivity contribution in [2.45, 2.75) is 52.3 Å². The van der Waals surface area contributed by atoms with E-state index in [-0.39, 0.29) is 17.3 Å². The van der Waals surface area contributed by atoms with Crippen LogP contribution in [0.3, 0.4) is 0 Å². The summed E-state index contributed by atoms with van der Waals surface area (Å²) in [6, 6.07) is 0.943. The van der Waals surface area contributed by atoms with Gasteiger partial charge in [-0.2, -0.15) is 18.2 Å². The summed E-state index contributed by atoms with van der Waals surface area (Å²) in [5.74, 6) is 0.166. The van der Waals surface area contributed by atoms with Crippen LogP contribution in [0.4, 0.5) is 24.9 Å². The summed E-state index contributed by atoms with van der Waals surface area (Å²) < 4.78 is 38.5. The van der Waals surface area contributed by atoms with Crippen LogP contribution >= 0.6 is 0 Å². The second kappa shape index (κ2) is 6.28. The summed E-state index contributed by atoms with van der Waals surface area (Å²) in [7, 11) is 0. The zero-order chi connectivity index (χ0) is 15.4. The summed E-state index contributed by atoms with van der Waals surface area (Å²) in [4.78, 5) is 7.55. The van der Waals surface area contributed by atoms with Gasteiger partial charge in [0.15, 0.2) is 5.69 Å². The van der Waals surface area contributed by atoms with Gasteiger partial charge in [0.05, 0.1) is 0 Å². The van der Waals surface area contributed by atoms with Crippen LogP contribution in [-0.4, -0.2) is 22.1 Å². The minimum absolute atomic E-state index is 0.0166. The summed E-state index contributed by atoms with van der Waals surface area (Å²) in [6.07, 6.45) is -2.73. The predicted octanol–water partition coefficient (Wildman–Crippen LogP) is 3.92. The molecule has 0 amide bonds. The third-order valence-electron chi connectivity index (χ3n) is 2.69. The first-order chi connectivity index (χ1) is 9.18. The summed E-state index contributed by atoms with van der Waals surface area (Å²) in [6.45, 7) is 8.11. The third kappa shape index (κ3) is 4.86. The van der Waals surface area contributed by atoms with Crippen molar-refractivity contribution in [1.29, 1.82) is 0 Å². The zero-order valence-corrected chi connectivity index (χ0v) is 12.2. The monoisotopic (exact) mass is 290 g/mol. The SMILES string of the molecule is CCCC(C)(C)Nc1cc(C(F)(F)F)nc(NCC)n1. The molecule has 0 saturated carbocycles. The molecule has 1 aromatic heterocycles. The molecule has 20 heavy (non-hydrogen) atoms. The standard InChI is InChI=1S/C13H21F3N4/c1-5-7-12(3,4)20-10-8-9(13(14,15)16)18-11(19-10)17-6-2/h8H,5-7H2,1-4H3,(H2,17,18,19,20). The van der Waals surface area contributed by atoms with Crippen LogP contribution in [0.5, 0.6) is 0 Å². The highest BCUT2D eigenvalue weighted by Crippen LogP contribution is 2.30. The molecule has 0 aromatic carbocycles. The van der Waals surface area contributed by atoms with E-state index in [1.54, 1.807) is 6.92 Å². The number of alkyl halides is 3. The van der Waals surface area contributed by atoms with E-state index in [4.69, 9.17) is 0 Å². The second-order valence-electron chi connectivity index (χ2n) is 5.25. The van der Waals surface area contributed by atoms with Crippen molar-refractivity contribution < 1.29 is 13.2 Å². The molecule has 0 radical (unpaired) electrons. The summed E-state index contributed by atoms with van der Waals surface area (Å²) in [5.41, 5.74) is -1.27. The molecular weight excluding hydrogens is 269 g/mol. The van der Waals surface area contributed by atoms with Crippen molar-refractivity contribution in [3.63, 3.8) is 0 Å². The highest BCUT2D eigenvalue weighted by molar-refractivity contribution is 5.44. The smallest absolute Gasteiger partial charge is 0.365 e. The highest BCUT2D eigenvalue weighted by atomic mass is 19.4. The molecule has 0 spiro atoms. The molecule has 0 bridgehead atoms. The molecule has 0 fully saturated rings. The van der Waals surface area contributed by atoms with E-state index in [9.17, 15) is 13.2 Å². The number of nitrogens with zero attached hydrogens (tertiary/aromatic N) is 2. The van der Waals surface area contributed by atoms with E-state index in [0.717, 1.165) is 18.9 Å². The molecule has 0 aliphatic heterocycles. The number of halogens is 3. The third-order valence-corrected chi connectivity index (χ3v) is 2.69. The number of hydrogen-bond donors (Lipinski definition) is 2. The van der Waals surface area contributed by atoms with Crippen molar-refractivity contribution in [1.82, 2.24) is 9.97 Å². The van der Waals surface area contributed by atoms with Crippen LogP contribution in [-0.2, 0) is 6.18 Å². The number of anilines is 2. The molecule has 0 unspecified atom stereocenters. The fourth-order valence-electron chi connectivity index (χ4n) is 1.93. The maximum atomic E-state index is 12.8. The fourth-order valence-corrected chi connectivity index (χ4v) is 1.93. The van der Waals surface area contributed by atoms with Gasteiger partial charge in [0, 0.05) is 18.2 Å². The maximum Gasteiger partial charge on any atom is 0.433 e. The molecular formula is C13H21F3N4. The minimum Gasteiger partial charge on any atom is -0.365 e. The maximum absolute atomic E-state index is 12.8. The molecule has 1 aromatic rings. The first-order valence-corrected chi connectivity index (χ1v) is 6.66. The van der Waals surface area contributed by atoms with Crippen molar-refractivity contribution in [2.75, 3.05) is 17.2 Å². The van der Waals surface area contributed by atoms with Crippen LogP contribution < -0.4 is 10.6 Å². The van der Waals surface area contributed by atoms with Crippen molar-refractivity contribution in [3.05, 3.63) is 11.8 Å². The van der Waals surface area contributed by atoms with E-state index in [1.807, 2.05) is 20.8 Å². The molecule has 114 valence electrons. The van der Waals surface area contributed by atoms with Crippen molar-refractivity contribution in [3.8, 4) is 0 Å². The molecule has 1 rings (SSSR count). The quantitative estimate of drug-likeness (QED) is 0.833. The molecule has 0 saturated heterocycles. The first-order valence-electron chi connectivity index (χ1n) is 6.66. The van der Waals surface area contributed by atoms with Gasteiger partial charge in [-0.25, -0.2) is 4.98 Å². The molecule has 1 heterocycles. The Bertz CT molecular complexity index is 444. The first kappa shape index (κ1) is 16.5. The highest BCUT2D eigenvalue weighted by Gasteiger charge is 2.34. The van der Waals surface area contributed by atoms with Gasteiger partial charge in [-0.3, -0.25) is 0 Å². The number of rotatable bonds is 6. The van der Waals surface area contributed by atoms with Crippen molar-refractivity contribution >= 4 is 11.8 Å². The van der Waals surface area contributed by atoms with E-state index < -0.39 is 11.9 Å². The Hall–Kier alpha value is -1.53. The molecule has 0 aliphatic rings. The fraction of sp³-hybridized carbons (Fsp3) is 0.692. The van der Waals surface area contributed by atoms with Gasteiger partial charge in [-0.1, -0.05) is 13.3 Å². The van der Waals surface area contributed by atoms with Gasteiger partial charge < -0.3 is 10.6 Å². The van der Waals surface area contributed by atoms with E-state index in [1.165, 1.54) is 0 Å². The van der Waals surface area contributed by atoms with Gasteiger partial charge in [-0.05, 0) is 27.2 Å². The van der Waals surface area contributed by atoms with Gasteiger partial charge in [0.2, 0.25) is 5.95 Å². The lowest BCUT2D eigenvalue weighted by Crippen LogP contribution is -2.31. The van der Waals surface area contributed by atoms with Gasteiger partial charge in [0.25, 0.3) is 0 Å². The Balaban J connectivity index is 3.09. The largest absolute Gasteiger partial charge is 0.433 e. The molecule has 0 aliphatic carbocycles. The molecule has 2 N–H and O–H groups in total. The van der Waals surface area contributed by atoms with Crippen LogP contribution in [0, 0.1) is 0 Å². The second-order valence-corrected chi connectivity index (χ2v) is 5.25. The van der Waals surface area contributed by atoms with Gasteiger partial charge in [0.1, 0.15) is 5.82 Å². The van der Waals surface area contributed by atoms with E-state index >= 15 is 0 Å². The topological polar surface area (TPSA) is 49.8 Å². The van der Waals surface area contributed by atoms with Crippen LogP contribution in [0.25, 0.3) is 0 Å². The Morgan fingerprint density at radius 1 is 1.15 bits per heavy atom. The minimum atomic E-state index is -4.49. The average Bonchev–Trinajstić information content (AvgIpc) is 2.26.